The average Bonchev–Trinajstić information content (AvgIpc) is 2.91. The Morgan fingerprint density at radius 1 is 0.750 bits per heavy atom. The molecule has 0 amide bonds. The Bertz CT molecular complexity index is 1530. The van der Waals surface area contributed by atoms with Gasteiger partial charge in [0.25, 0.3) is 0 Å². The summed E-state index contributed by atoms with van der Waals surface area (Å²) in [6, 6.07) is 20.3. The van der Waals surface area contributed by atoms with Crippen LogP contribution in [-0.2, 0) is 0 Å². The number of fused-ring (bicyclic) bond motifs is 1. The number of benzene rings is 2. The van der Waals surface area contributed by atoms with Crippen LogP contribution in [0, 0.1) is 6.92 Å². The van der Waals surface area contributed by atoms with E-state index in [-0.39, 0.29) is 0 Å². The fourth-order valence-corrected chi connectivity index (χ4v) is 4.10. The monoisotopic (exact) mass is 476 g/mol. The van der Waals surface area contributed by atoms with Gasteiger partial charge in [0.15, 0.2) is 0 Å². The van der Waals surface area contributed by atoms with Gasteiger partial charge in [-0.05, 0) is 48.9 Å². The highest BCUT2D eigenvalue weighted by molar-refractivity contribution is 6.03. The van der Waals surface area contributed by atoms with Crippen LogP contribution in [0.25, 0.3) is 22.0 Å². The van der Waals surface area contributed by atoms with Crippen LogP contribution in [0.5, 0.6) is 0 Å². The van der Waals surface area contributed by atoms with E-state index in [1.807, 2.05) is 63.7 Å². The van der Waals surface area contributed by atoms with Gasteiger partial charge in [0.2, 0.25) is 0 Å². The second-order valence-electron chi connectivity index (χ2n) is 8.64. The Morgan fingerprint density at radius 2 is 1.61 bits per heavy atom. The van der Waals surface area contributed by atoms with Crippen LogP contribution in [0.4, 0.5) is 34.5 Å². The van der Waals surface area contributed by atoms with Crippen molar-refractivity contribution in [1.82, 2.24) is 19.9 Å². The fourth-order valence-electron chi connectivity index (χ4n) is 4.10. The molecule has 0 aliphatic heterocycles. The van der Waals surface area contributed by atoms with Crippen LogP contribution in [-0.4, -0.2) is 41.1 Å². The van der Waals surface area contributed by atoms with Crippen molar-refractivity contribution in [1.29, 1.82) is 0 Å². The summed E-state index contributed by atoms with van der Waals surface area (Å²) >= 11 is 0. The molecule has 0 unspecified atom stereocenters. The number of pyridine rings is 2. The summed E-state index contributed by atoms with van der Waals surface area (Å²) in [6.07, 6.45) is 5.16. The predicted molar refractivity (Wildman–Crippen MR) is 149 cm³/mol. The molecule has 0 radical (unpaired) electrons. The summed E-state index contributed by atoms with van der Waals surface area (Å²) in [5.74, 6) is 2.26. The smallest absolute Gasteiger partial charge is 0.139 e. The van der Waals surface area contributed by atoms with Crippen molar-refractivity contribution in [3.05, 3.63) is 84.9 Å². The van der Waals surface area contributed by atoms with Gasteiger partial charge < -0.3 is 20.9 Å². The van der Waals surface area contributed by atoms with E-state index in [2.05, 4.69) is 72.0 Å². The largest absolute Gasteiger partial charge is 0.378 e. The molecule has 3 N–H and O–H groups in total. The van der Waals surface area contributed by atoms with E-state index < -0.39 is 0 Å². The predicted octanol–water partition coefficient (Wildman–Crippen LogP) is 5.99. The Kier molecular flexibility index (Phi) is 6.32. The highest BCUT2D eigenvalue weighted by atomic mass is 15.1. The number of hydrogen-bond acceptors (Lipinski definition) is 8. The molecule has 2 aromatic carbocycles. The third-order valence-electron chi connectivity index (χ3n) is 6.03. The van der Waals surface area contributed by atoms with Crippen LogP contribution in [0.3, 0.4) is 0 Å². The van der Waals surface area contributed by atoms with Gasteiger partial charge in [-0.25, -0.2) is 19.9 Å². The molecule has 0 bridgehead atoms. The summed E-state index contributed by atoms with van der Waals surface area (Å²) in [7, 11) is 5.90. The topological polar surface area (TPSA) is 90.9 Å². The van der Waals surface area contributed by atoms with E-state index in [4.69, 9.17) is 0 Å². The second-order valence-corrected chi connectivity index (χ2v) is 8.64. The molecule has 36 heavy (non-hydrogen) atoms. The van der Waals surface area contributed by atoms with Crippen LogP contribution < -0.4 is 20.9 Å². The molecular weight excluding hydrogens is 448 g/mol. The molecule has 0 saturated carbocycles. The second kappa shape index (κ2) is 9.87. The summed E-state index contributed by atoms with van der Waals surface area (Å²) < 4.78 is 0. The number of aromatic nitrogens is 4. The van der Waals surface area contributed by atoms with E-state index in [0.717, 1.165) is 62.1 Å². The normalized spacial score (nSPS) is 10.8. The Morgan fingerprint density at radius 3 is 2.44 bits per heavy atom. The van der Waals surface area contributed by atoms with Gasteiger partial charge in [-0.3, -0.25) is 0 Å². The zero-order valence-electron chi connectivity index (χ0n) is 20.7. The van der Waals surface area contributed by atoms with Crippen molar-refractivity contribution in [2.75, 3.05) is 42.0 Å². The maximum atomic E-state index is 4.65. The lowest BCUT2D eigenvalue weighted by atomic mass is 10.0. The molecule has 3 heterocycles. The number of rotatable bonds is 7. The van der Waals surface area contributed by atoms with Crippen molar-refractivity contribution in [2.24, 2.45) is 0 Å². The number of nitrogens with one attached hydrogen (secondary N) is 3. The first-order valence-electron chi connectivity index (χ1n) is 11.7. The molecule has 8 nitrogen and oxygen atoms in total. The van der Waals surface area contributed by atoms with Crippen molar-refractivity contribution < 1.29 is 0 Å². The first kappa shape index (κ1) is 23.0. The summed E-state index contributed by atoms with van der Waals surface area (Å²) in [6.45, 7) is 2.09. The Balaban J connectivity index is 1.55. The lowest BCUT2D eigenvalue weighted by molar-refractivity contribution is 1.13. The first-order chi connectivity index (χ1) is 17.5. The van der Waals surface area contributed by atoms with Crippen LogP contribution >= 0.6 is 0 Å². The number of hydrogen-bond donors (Lipinski definition) is 3. The van der Waals surface area contributed by atoms with Crippen molar-refractivity contribution >= 4 is 45.3 Å². The minimum atomic E-state index is 0.721. The van der Waals surface area contributed by atoms with Crippen LogP contribution in [0.2, 0.25) is 0 Å². The molecule has 0 saturated heterocycles. The van der Waals surface area contributed by atoms with E-state index in [1.54, 1.807) is 12.5 Å². The van der Waals surface area contributed by atoms with Crippen molar-refractivity contribution in [3.63, 3.8) is 0 Å². The minimum absolute atomic E-state index is 0.721. The van der Waals surface area contributed by atoms with Gasteiger partial charge in [0.05, 0.1) is 11.4 Å². The molecule has 0 spiro atoms. The van der Waals surface area contributed by atoms with Crippen molar-refractivity contribution in [3.8, 4) is 11.3 Å². The highest BCUT2D eigenvalue weighted by Crippen LogP contribution is 2.36. The van der Waals surface area contributed by atoms with Gasteiger partial charge in [-0.2, -0.15) is 0 Å². The van der Waals surface area contributed by atoms with E-state index in [9.17, 15) is 0 Å². The Hall–Kier alpha value is -4.72. The average molecular weight is 477 g/mol. The lowest BCUT2D eigenvalue weighted by Crippen LogP contribution is -2.08. The molecule has 3 aromatic heterocycles. The zero-order valence-corrected chi connectivity index (χ0v) is 20.7. The number of anilines is 6. The summed E-state index contributed by atoms with van der Waals surface area (Å²) in [5.41, 5.74) is 5.85. The molecule has 0 aliphatic rings. The zero-order chi connectivity index (χ0) is 25.1. The third kappa shape index (κ3) is 4.61. The highest BCUT2D eigenvalue weighted by Gasteiger charge is 2.14. The molecular formula is C28H28N8. The molecule has 0 fully saturated rings. The van der Waals surface area contributed by atoms with E-state index >= 15 is 0 Å². The van der Waals surface area contributed by atoms with Gasteiger partial charge in [0.1, 0.15) is 23.8 Å². The molecule has 0 atom stereocenters. The molecule has 180 valence electrons. The number of nitrogens with zero attached hydrogens (tertiary/aromatic N) is 5. The van der Waals surface area contributed by atoms with Gasteiger partial charge in [-0.15, -0.1) is 0 Å². The van der Waals surface area contributed by atoms with E-state index in [0.29, 0.717) is 0 Å². The van der Waals surface area contributed by atoms with Gasteiger partial charge in [0, 0.05) is 67.3 Å². The standard InChI is InChI=1S/C28H28N8/c1-18-10-11-22-21(12-14-31-27(22)34-19-7-5-8-20(15-19)36(3)4)26(18)35-28-23(9-6-13-30-28)24-16-25(29-2)33-17-32-24/h5-17H,1-4H3,(H,30,35)(H,31,34)(H,29,32,33). The first-order valence-corrected chi connectivity index (χ1v) is 11.7. The lowest BCUT2D eigenvalue weighted by Gasteiger charge is -2.17. The summed E-state index contributed by atoms with van der Waals surface area (Å²) in [4.78, 5) is 20.1. The summed E-state index contributed by atoms with van der Waals surface area (Å²) in [5, 5.41) is 12.2. The minimum Gasteiger partial charge on any atom is -0.378 e. The van der Waals surface area contributed by atoms with Crippen LogP contribution in [0.1, 0.15) is 5.56 Å². The number of aryl methyl sites for hydroxylation is 1. The molecule has 0 aliphatic carbocycles. The molecule has 5 aromatic rings. The van der Waals surface area contributed by atoms with Crippen LogP contribution in [0.15, 0.2) is 79.4 Å². The maximum absolute atomic E-state index is 4.65. The van der Waals surface area contributed by atoms with Crippen molar-refractivity contribution in [2.45, 2.75) is 6.92 Å². The Labute approximate surface area is 210 Å². The quantitative estimate of drug-likeness (QED) is 0.264. The van der Waals surface area contributed by atoms with Gasteiger partial charge >= 0.3 is 0 Å². The van der Waals surface area contributed by atoms with Gasteiger partial charge in [-0.1, -0.05) is 18.2 Å². The fraction of sp³-hybridized carbons (Fsp3) is 0.143. The third-order valence-corrected chi connectivity index (χ3v) is 6.03. The SMILES string of the molecule is CNc1cc(-c2cccnc2Nc2c(C)ccc3c(Nc4cccc(N(C)C)c4)nccc23)ncn1. The molecule has 5 rings (SSSR count). The maximum Gasteiger partial charge on any atom is 0.139 e. The molecule has 8 heteroatoms. The van der Waals surface area contributed by atoms with E-state index in [1.165, 1.54) is 0 Å².